The van der Waals surface area contributed by atoms with E-state index in [-0.39, 0.29) is 11.8 Å². The van der Waals surface area contributed by atoms with Gasteiger partial charge in [-0.25, -0.2) is 14.2 Å². The van der Waals surface area contributed by atoms with Gasteiger partial charge in [-0.2, -0.15) is 0 Å². The number of methoxy groups -OCH3 is 1. The number of aryl methyl sites for hydroxylation is 1. The zero-order valence-corrected chi connectivity index (χ0v) is 19.8. The second-order valence-corrected chi connectivity index (χ2v) is 9.48. The van der Waals surface area contributed by atoms with Gasteiger partial charge >= 0.3 is 6.09 Å². The molecule has 1 N–H and O–H groups in total. The van der Waals surface area contributed by atoms with Crippen molar-refractivity contribution in [2.24, 2.45) is 7.05 Å². The molecule has 176 valence electrons. The molecule has 0 bridgehead atoms. The lowest BCUT2D eigenvalue weighted by Crippen LogP contribution is -2.41. The maximum atomic E-state index is 14.0. The largest absolute Gasteiger partial charge is 0.494 e. The van der Waals surface area contributed by atoms with Crippen LogP contribution in [0.5, 0.6) is 5.75 Å². The van der Waals surface area contributed by atoms with Crippen molar-refractivity contribution >= 4 is 28.6 Å². The fraction of sp³-hybridized carbons (Fsp3) is 0.440. The third kappa shape index (κ3) is 5.05. The summed E-state index contributed by atoms with van der Waals surface area (Å²) in [6.07, 6.45) is 3.64. The van der Waals surface area contributed by atoms with Gasteiger partial charge in [-0.1, -0.05) is 0 Å². The monoisotopic (exact) mass is 454 g/mol. The highest BCUT2D eigenvalue weighted by Gasteiger charge is 2.29. The molecule has 0 spiro atoms. The van der Waals surface area contributed by atoms with Crippen molar-refractivity contribution in [3.63, 3.8) is 0 Å². The van der Waals surface area contributed by atoms with E-state index in [1.165, 1.54) is 18.7 Å². The molecule has 7 nitrogen and oxygen atoms in total. The van der Waals surface area contributed by atoms with Crippen molar-refractivity contribution in [3.8, 4) is 5.75 Å². The van der Waals surface area contributed by atoms with E-state index >= 15 is 0 Å². The van der Waals surface area contributed by atoms with Crippen LogP contribution in [0, 0.1) is 5.82 Å². The summed E-state index contributed by atoms with van der Waals surface area (Å²) in [4.78, 5) is 18.9. The Balaban J connectivity index is 1.48. The average Bonchev–Trinajstić information content (AvgIpc) is 3.09. The number of carbonyl (C=O) groups excluding carboxylic acids is 1. The Kier molecular flexibility index (Phi) is 6.19. The number of likely N-dealkylation sites (tertiary alicyclic amines) is 1. The normalized spacial score (nSPS) is 15.0. The van der Waals surface area contributed by atoms with Gasteiger partial charge in [0.1, 0.15) is 17.1 Å². The second-order valence-electron chi connectivity index (χ2n) is 9.48. The molecule has 1 saturated heterocycles. The Bertz CT molecular complexity index is 1160. The first-order valence-electron chi connectivity index (χ1n) is 11.2. The molecule has 0 saturated carbocycles. The van der Waals surface area contributed by atoms with Crippen LogP contribution >= 0.6 is 0 Å². The van der Waals surface area contributed by atoms with E-state index in [2.05, 4.69) is 17.6 Å². The zero-order chi connectivity index (χ0) is 23.8. The van der Waals surface area contributed by atoms with Gasteiger partial charge in [-0.3, -0.25) is 0 Å². The Labute approximate surface area is 193 Å². The van der Waals surface area contributed by atoms with E-state index in [4.69, 9.17) is 14.5 Å². The van der Waals surface area contributed by atoms with E-state index in [1.807, 2.05) is 38.5 Å². The second kappa shape index (κ2) is 8.92. The van der Waals surface area contributed by atoms with Gasteiger partial charge in [-0.05, 0) is 69.4 Å². The molecule has 1 aliphatic heterocycles. The average molecular weight is 455 g/mol. The lowest BCUT2D eigenvalue weighted by Gasteiger charge is -2.33. The number of pyridine rings is 1. The standard InChI is InChI=1S/C25H31FN4O3/c1-25(2,3)33-24(31)30-12-10-16(11-13-30)19-15-29(4)23-18(19)7-9-22(28-23)27-17-6-8-21(32-5)20(26)14-17/h6-9,14-16H,10-13H2,1-5H3,(H,27,28). The summed E-state index contributed by atoms with van der Waals surface area (Å²) in [7, 11) is 3.42. The molecule has 0 aliphatic carbocycles. The SMILES string of the molecule is COc1ccc(Nc2ccc3c(C4CCN(C(=O)OC(C)(C)C)CC4)cn(C)c3n2)cc1F. The number of hydrogen-bond acceptors (Lipinski definition) is 5. The summed E-state index contributed by atoms with van der Waals surface area (Å²) in [5, 5.41) is 4.26. The Morgan fingerprint density at radius 2 is 1.91 bits per heavy atom. The maximum absolute atomic E-state index is 14.0. The number of amides is 1. The van der Waals surface area contributed by atoms with Gasteiger partial charge < -0.3 is 24.3 Å². The minimum absolute atomic E-state index is 0.203. The molecule has 3 heterocycles. The number of halogens is 1. The summed E-state index contributed by atoms with van der Waals surface area (Å²) in [5.41, 5.74) is 2.21. The first kappa shape index (κ1) is 22.9. The zero-order valence-electron chi connectivity index (χ0n) is 19.8. The quantitative estimate of drug-likeness (QED) is 0.557. The molecule has 4 rings (SSSR count). The molecule has 1 aromatic carbocycles. The number of nitrogens with zero attached hydrogens (tertiary/aromatic N) is 3. The van der Waals surface area contributed by atoms with E-state index in [9.17, 15) is 9.18 Å². The van der Waals surface area contributed by atoms with Gasteiger partial charge in [0.2, 0.25) is 0 Å². The van der Waals surface area contributed by atoms with Crippen LogP contribution in [-0.4, -0.2) is 46.3 Å². The number of carbonyl (C=O) groups is 1. The van der Waals surface area contributed by atoms with Crippen molar-refractivity contribution in [2.45, 2.75) is 45.1 Å². The minimum Gasteiger partial charge on any atom is -0.494 e. The summed E-state index contributed by atoms with van der Waals surface area (Å²) in [5.74, 6) is 0.763. The third-order valence-electron chi connectivity index (χ3n) is 5.86. The summed E-state index contributed by atoms with van der Waals surface area (Å²) in [6.45, 7) is 7.00. The number of piperidine rings is 1. The van der Waals surface area contributed by atoms with Crippen molar-refractivity contribution < 1.29 is 18.7 Å². The highest BCUT2D eigenvalue weighted by atomic mass is 19.1. The highest BCUT2D eigenvalue weighted by molar-refractivity contribution is 5.83. The molecule has 2 aromatic heterocycles. The maximum Gasteiger partial charge on any atom is 0.410 e. The smallest absolute Gasteiger partial charge is 0.410 e. The van der Waals surface area contributed by atoms with Crippen LogP contribution in [0.2, 0.25) is 0 Å². The van der Waals surface area contributed by atoms with E-state index < -0.39 is 11.4 Å². The molecular weight excluding hydrogens is 423 g/mol. The number of hydrogen-bond donors (Lipinski definition) is 1. The predicted octanol–water partition coefficient (Wildman–Crippen LogP) is 5.58. The van der Waals surface area contributed by atoms with Crippen molar-refractivity contribution in [1.82, 2.24) is 14.5 Å². The summed E-state index contributed by atoms with van der Waals surface area (Å²) < 4.78 is 26.5. The number of ether oxygens (including phenoxy) is 2. The molecule has 1 fully saturated rings. The Hall–Kier alpha value is -3.29. The van der Waals surface area contributed by atoms with Crippen LogP contribution < -0.4 is 10.1 Å². The molecular formula is C25H31FN4O3. The molecule has 0 atom stereocenters. The van der Waals surface area contributed by atoms with E-state index in [0.717, 1.165) is 23.9 Å². The van der Waals surface area contributed by atoms with Crippen molar-refractivity contribution in [2.75, 3.05) is 25.5 Å². The fourth-order valence-corrected chi connectivity index (χ4v) is 4.27. The van der Waals surface area contributed by atoms with Gasteiger partial charge in [0.25, 0.3) is 0 Å². The van der Waals surface area contributed by atoms with E-state index in [1.54, 1.807) is 17.0 Å². The molecule has 0 radical (unpaired) electrons. The summed E-state index contributed by atoms with van der Waals surface area (Å²) in [6, 6.07) is 8.69. The van der Waals surface area contributed by atoms with Gasteiger partial charge in [-0.15, -0.1) is 0 Å². The van der Waals surface area contributed by atoms with Crippen LogP contribution in [0.15, 0.2) is 36.5 Å². The molecule has 8 heteroatoms. The first-order chi connectivity index (χ1) is 15.6. The number of anilines is 2. The van der Waals surface area contributed by atoms with Crippen LogP contribution in [-0.2, 0) is 11.8 Å². The Morgan fingerprint density at radius 3 is 2.55 bits per heavy atom. The molecule has 1 amide bonds. The van der Waals surface area contributed by atoms with E-state index in [0.29, 0.717) is 30.5 Å². The van der Waals surface area contributed by atoms with Crippen LogP contribution in [0.1, 0.15) is 45.1 Å². The number of rotatable bonds is 4. The minimum atomic E-state index is -0.488. The summed E-state index contributed by atoms with van der Waals surface area (Å²) >= 11 is 0. The molecule has 33 heavy (non-hydrogen) atoms. The van der Waals surface area contributed by atoms with Crippen molar-refractivity contribution in [1.29, 1.82) is 0 Å². The van der Waals surface area contributed by atoms with Crippen LogP contribution in [0.3, 0.4) is 0 Å². The number of benzene rings is 1. The number of fused-ring (bicyclic) bond motifs is 1. The third-order valence-corrected chi connectivity index (χ3v) is 5.86. The Morgan fingerprint density at radius 1 is 1.18 bits per heavy atom. The number of aromatic nitrogens is 2. The highest BCUT2D eigenvalue weighted by Crippen LogP contribution is 2.35. The molecule has 1 aliphatic rings. The first-order valence-corrected chi connectivity index (χ1v) is 11.2. The van der Waals surface area contributed by atoms with Gasteiger partial charge in [0.15, 0.2) is 11.6 Å². The van der Waals surface area contributed by atoms with Crippen LogP contribution in [0.4, 0.5) is 20.7 Å². The molecule has 3 aromatic rings. The van der Waals surface area contributed by atoms with Crippen LogP contribution in [0.25, 0.3) is 11.0 Å². The lowest BCUT2D eigenvalue weighted by molar-refractivity contribution is 0.0205. The fourth-order valence-electron chi connectivity index (χ4n) is 4.27. The molecule has 0 unspecified atom stereocenters. The van der Waals surface area contributed by atoms with Gasteiger partial charge in [0.05, 0.1) is 7.11 Å². The lowest BCUT2D eigenvalue weighted by atomic mass is 9.89. The van der Waals surface area contributed by atoms with Gasteiger partial charge in [0, 0.05) is 43.5 Å². The number of nitrogens with one attached hydrogen (secondary N) is 1. The topological polar surface area (TPSA) is 68.6 Å². The predicted molar refractivity (Wildman–Crippen MR) is 127 cm³/mol. The van der Waals surface area contributed by atoms with Crippen molar-refractivity contribution in [3.05, 3.63) is 47.9 Å².